The fourth-order valence-electron chi connectivity index (χ4n) is 2.24. The summed E-state index contributed by atoms with van der Waals surface area (Å²) in [5, 5.41) is 3.38. The molecule has 7 heteroatoms. The van der Waals surface area contributed by atoms with E-state index < -0.39 is 5.97 Å². The number of esters is 1. The molecule has 138 valence electrons. The fraction of sp³-hybridized carbons (Fsp3) is 0.263. The summed E-state index contributed by atoms with van der Waals surface area (Å²) in [4.78, 5) is 25.5. The molecule has 0 spiro atoms. The molecule has 0 heterocycles. The summed E-state index contributed by atoms with van der Waals surface area (Å²) in [6.07, 6.45) is 0. The van der Waals surface area contributed by atoms with E-state index in [1.807, 2.05) is 24.1 Å². The van der Waals surface area contributed by atoms with Gasteiger partial charge in [-0.15, -0.1) is 0 Å². The number of anilines is 1. The predicted molar refractivity (Wildman–Crippen MR) is 101 cm³/mol. The molecule has 26 heavy (non-hydrogen) atoms. The number of ether oxygens (including phenoxy) is 2. The van der Waals surface area contributed by atoms with Gasteiger partial charge in [0, 0.05) is 17.3 Å². The Bertz CT molecular complexity index is 767. The third kappa shape index (κ3) is 6.38. The van der Waals surface area contributed by atoms with Crippen LogP contribution in [0.2, 0.25) is 5.02 Å². The highest BCUT2D eigenvalue weighted by Gasteiger charge is 2.10. The van der Waals surface area contributed by atoms with Crippen molar-refractivity contribution in [3.05, 3.63) is 59.1 Å². The first-order valence-electron chi connectivity index (χ1n) is 8.03. The summed E-state index contributed by atoms with van der Waals surface area (Å²) in [7, 11) is 3.14. The number of halogens is 1. The third-order valence-corrected chi connectivity index (χ3v) is 3.75. The first-order chi connectivity index (χ1) is 12.5. The average Bonchev–Trinajstić information content (AvgIpc) is 2.61. The molecule has 1 N–H and O–H groups in total. The number of amides is 1. The van der Waals surface area contributed by atoms with Crippen molar-refractivity contribution in [2.24, 2.45) is 0 Å². The van der Waals surface area contributed by atoms with Gasteiger partial charge in [0.15, 0.2) is 0 Å². The van der Waals surface area contributed by atoms with Crippen LogP contribution in [0.4, 0.5) is 5.69 Å². The van der Waals surface area contributed by atoms with Gasteiger partial charge in [-0.3, -0.25) is 9.69 Å². The average molecular weight is 377 g/mol. The molecule has 0 radical (unpaired) electrons. The van der Waals surface area contributed by atoms with Crippen molar-refractivity contribution in [1.29, 1.82) is 0 Å². The van der Waals surface area contributed by atoms with Gasteiger partial charge in [-0.05, 0) is 43.4 Å². The summed E-state index contributed by atoms with van der Waals surface area (Å²) < 4.78 is 10.3. The van der Waals surface area contributed by atoms with Gasteiger partial charge in [0.25, 0.3) is 0 Å². The van der Waals surface area contributed by atoms with Crippen molar-refractivity contribution >= 4 is 29.2 Å². The lowest BCUT2D eigenvalue weighted by atomic mass is 10.2. The molecular formula is C19H21ClN2O4. The van der Waals surface area contributed by atoms with Crippen LogP contribution in [0.5, 0.6) is 5.75 Å². The van der Waals surface area contributed by atoms with E-state index in [1.165, 1.54) is 7.11 Å². The SMILES string of the molecule is COC(=O)c1cccc(NC(=O)CN(C)CCOc2cccc(Cl)c2)c1. The van der Waals surface area contributed by atoms with Crippen LogP contribution in [0, 0.1) is 0 Å². The van der Waals surface area contributed by atoms with E-state index in [4.69, 9.17) is 16.3 Å². The van der Waals surface area contributed by atoms with E-state index in [1.54, 1.807) is 36.4 Å². The van der Waals surface area contributed by atoms with Crippen LogP contribution < -0.4 is 10.1 Å². The Labute approximate surface area is 157 Å². The van der Waals surface area contributed by atoms with Crippen LogP contribution in [0.25, 0.3) is 0 Å². The number of carbonyl (C=O) groups is 2. The zero-order valence-electron chi connectivity index (χ0n) is 14.7. The van der Waals surface area contributed by atoms with E-state index in [9.17, 15) is 9.59 Å². The van der Waals surface area contributed by atoms with Gasteiger partial charge in [0.2, 0.25) is 5.91 Å². The molecule has 0 aliphatic heterocycles. The number of rotatable bonds is 8. The minimum atomic E-state index is -0.448. The van der Waals surface area contributed by atoms with Gasteiger partial charge >= 0.3 is 5.97 Å². The Balaban J connectivity index is 1.77. The molecule has 2 aromatic rings. The van der Waals surface area contributed by atoms with Gasteiger partial charge in [0.1, 0.15) is 12.4 Å². The fourth-order valence-corrected chi connectivity index (χ4v) is 2.42. The van der Waals surface area contributed by atoms with Crippen LogP contribution in [-0.2, 0) is 9.53 Å². The lowest BCUT2D eigenvalue weighted by Gasteiger charge is -2.17. The predicted octanol–water partition coefficient (Wildman–Crippen LogP) is 3.08. The first kappa shape index (κ1) is 19.8. The summed E-state index contributed by atoms with van der Waals surface area (Å²) >= 11 is 5.90. The standard InChI is InChI=1S/C19H21ClN2O4/c1-22(9-10-26-17-8-4-6-15(20)12-17)13-18(23)21-16-7-3-5-14(11-16)19(24)25-2/h3-8,11-12H,9-10,13H2,1-2H3,(H,21,23). The minimum absolute atomic E-state index is 0.183. The Morgan fingerprint density at radius 2 is 1.92 bits per heavy atom. The van der Waals surface area contributed by atoms with Gasteiger partial charge in [-0.25, -0.2) is 4.79 Å². The van der Waals surface area contributed by atoms with Gasteiger partial charge in [0.05, 0.1) is 19.2 Å². The maximum atomic E-state index is 12.1. The first-order valence-corrected chi connectivity index (χ1v) is 8.41. The number of nitrogens with zero attached hydrogens (tertiary/aromatic N) is 1. The minimum Gasteiger partial charge on any atom is -0.492 e. The Morgan fingerprint density at radius 1 is 1.15 bits per heavy atom. The van der Waals surface area contributed by atoms with E-state index in [2.05, 4.69) is 10.1 Å². The van der Waals surface area contributed by atoms with Crippen LogP contribution in [0.3, 0.4) is 0 Å². The van der Waals surface area contributed by atoms with Crippen molar-refractivity contribution in [3.63, 3.8) is 0 Å². The molecule has 6 nitrogen and oxygen atoms in total. The summed E-state index contributed by atoms with van der Waals surface area (Å²) in [6.45, 7) is 1.20. The largest absolute Gasteiger partial charge is 0.492 e. The number of likely N-dealkylation sites (N-methyl/N-ethyl adjacent to an activating group) is 1. The number of methoxy groups -OCH3 is 1. The third-order valence-electron chi connectivity index (χ3n) is 3.52. The van der Waals surface area contributed by atoms with Crippen LogP contribution in [0.1, 0.15) is 10.4 Å². The molecule has 2 rings (SSSR count). The van der Waals surface area contributed by atoms with Crippen molar-refractivity contribution in [1.82, 2.24) is 4.90 Å². The number of hydrogen-bond donors (Lipinski definition) is 1. The molecular weight excluding hydrogens is 356 g/mol. The highest BCUT2D eigenvalue weighted by Crippen LogP contribution is 2.17. The van der Waals surface area contributed by atoms with Crippen molar-refractivity contribution in [3.8, 4) is 5.75 Å². The van der Waals surface area contributed by atoms with Gasteiger partial charge in [-0.2, -0.15) is 0 Å². The zero-order chi connectivity index (χ0) is 18.9. The maximum Gasteiger partial charge on any atom is 0.337 e. The molecule has 0 bridgehead atoms. The van der Waals surface area contributed by atoms with Gasteiger partial charge < -0.3 is 14.8 Å². The normalized spacial score (nSPS) is 10.5. The summed E-state index contributed by atoms with van der Waals surface area (Å²) in [5.41, 5.74) is 0.926. The molecule has 0 unspecified atom stereocenters. The van der Waals surface area contributed by atoms with Crippen molar-refractivity contribution in [2.45, 2.75) is 0 Å². The second kappa shape index (κ2) is 9.79. The van der Waals surface area contributed by atoms with E-state index in [-0.39, 0.29) is 12.5 Å². The molecule has 0 aliphatic carbocycles. The highest BCUT2D eigenvalue weighted by molar-refractivity contribution is 6.30. The molecule has 0 saturated heterocycles. The molecule has 0 aromatic heterocycles. The second-order valence-corrected chi connectivity index (χ2v) is 6.10. The zero-order valence-corrected chi connectivity index (χ0v) is 15.5. The number of nitrogens with one attached hydrogen (secondary N) is 1. The lowest BCUT2D eigenvalue weighted by molar-refractivity contribution is -0.117. The van der Waals surface area contributed by atoms with Crippen LogP contribution in [0.15, 0.2) is 48.5 Å². The smallest absolute Gasteiger partial charge is 0.337 e. The number of hydrogen-bond acceptors (Lipinski definition) is 5. The summed E-state index contributed by atoms with van der Waals surface area (Å²) in [6, 6.07) is 13.8. The summed E-state index contributed by atoms with van der Waals surface area (Å²) in [5.74, 6) is 0.0589. The topological polar surface area (TPSA) is 67.9 Å². The van der Waals surface area contributed by atoms with Crippen LogP contribution >= 0.6 is 11.6 Å². The molecule has 0 saturated carbocycles. The van der Waals surface area contributed by atoms with Gasteiger partial charge in [-0.1, -0.05) is 23.7 Å². The lowest BCUT2D eigenvalue weighted by Crippen LogP contribution is -2.33. The number of benzene rings is 2. The van der Waals surface area contributed by atoms with E-state index >= 15 is 0 Å². The molecule has 0 fully saturated rings. The van der Waals surface area contributed by atoms with Crippen molar-refractivity contribution in [2.75, 3.05) is 39.2 Å². The van der Waals surface area contributed by atoms with Crippen molar-refractivity contribution < 1.29 is 19.1 Å². The van der Waals surface area contributed by atoms with E-state index in [0.717, 1.165) is 0 Å². The molecule has 1 amide bonds. The van der Waals surface area contributed by atoms with E-state index in [0.29, 0.717) is 35.2 Å². The highest BCUT2D eigenvalue weighted by atomic mass is 35.5. The quantitative estimate of drug-likeness (QED) is 0.717. The monoisotopic (exact) mass is 376 g/mol. The van der Waals surface area contributed by atoms with Crippen LogP contribution in [-0.4, -0.2) is 50.6 Å². The Morgan fingerprint density at radius 3 is 2.65 bits per heavy atom. The Kier molecular flexibility index (Phi) is 7.44. The molecule has 0 atom stereocenters. The Hall–Kier alpha value is -2.57. The maximum absolute atomic E-state index is 12.1. The number of carbonyl (C=O) groups excluding carboxylic acids is 2. The second-order valence-electron chi connectivity index (χ2n) is 5.66. The molecule has 0 aliphatic rings. The molecule has 2 aromatic carbocycles.